The molecule has 96 valence electrons. The van der Waals surface area contributed by atoms with Crippen LogP contribution in [0.2, 0.25) is 0 Å². The normalized spacial score (nSPS) is 18.3. The van der Waals surface area contributed by atoms with E-state index in [1.807, 2.05) is 6.07 Å². The first-order valence-electron chi connectivity index (χ1n) is 6.01. The van der Waals surface area contributed by atoms with Gasteiger partial charge >= 0.3 is 11.8 Å². The summed E-state index contributed by atoms with van der Waals surface area (Å²) in [7, 11) is 0. The van der Waals surface area contributed by atoms with Crippen molar-refractivity contribution >= 4 is 17.5 Å². The molecule has 1 aromatic carbocycles. The van der Waals surface area contributed by atoms with E-state index in [1.165, 1.54) is 0 Å². The molecule has 1 aliphatic heterocycles. The SMILES string of the molecule is O=C(NC[C@@H]1CCCO1)C(=O)Nc1ccccc1. The molecule has 18 heavy (non-hydrogen) atoms. The summed E-state index contributed by atoms with van der Waals surface area (Å²) < 4.78 is 5.35. The summed E-state index contributed by atoms with van der Waals surface area (Å²) in [6.07, 6.45) is 1.98. The quantitative estimate of drug-likeness (QED) is 0.782. The number of carbonyl (C=O) groups excluding carboxylic acids is 2. The first kappa shape index (κ1) is 12.6. The molecule has 0 radical (unpaired) electrons. The third-order valence-corrected chi connectivity index (χ3v) is 2.75. The predicted molar refractivity (Wildman–Crippen MR) is 67.1 cm³/mol. The van der Waals surface area contributed by atoms with Crippen molar-refractivity contribution in [2.24, 2.45) is 0 Å². The van der Waals surface area contributed by atoms with E-state index in [4.69, 9.17) is 4.74 Å². The van der Waals surface area contributed by atoms with E-state index >= 15 is 0 Å². The lowest BCUT2D eigenvalue weighted by Gasteiger charge is -2.10. The smallest absolute Gasteiger partial charge is 0.313 e. The fourth-order valence-electron chi connectivity index (χ4n) is 1.80. The van der Waals surface area contributed by atoms with Gasteiger partial charge in [-0.2, -0.15) is 0 Å². The molecule has 1 fully saturated rings. The second kappa shape index (κ2) is 6.16. The van der Waals surface area contributed by atoms with Crippen LogP contribution in [0.3, 0.4) is 0 Å². The molecule has 0 saturated carbocycles. The number of para-hydroxylation sites is 1. The van der Waals surface area contributed by atoms with Crippen molar-refractivity contribution < 1.29 is 14.3 Å². The first-order chi connectivity index (χ1) is 8.75. The third-order valence-electron chi connectivity index (χ3n) is 2.75. The Balaban J connectivity index is 1.76. The maximum atomic E-state index is 11.6. The van der Waals surface area contributed by atoms with Gasteiger partial charge in [-0.05, 0) is 25.0 Å². The highest BCUT2D eigenvalue weighted by Crippen LogP contribution is 2.10. The molecule has 0 spiro atoms. The third kappa shape index (κ3) is 3.56. The van der Waals surface area contributed by atoms with E-state index < -0.39 is 11.8 Å². The molecule has 1 aliphatic rings. The number of carbonyl (C=O) groups is 2. The zero-order valence-corrected chi connectivity index (χ0v) is 10.0. The van der Waals surface area contributed by atoms with Gasteiger partial charge in [0.1, 0.15) is 0 Å². The highest BCUT2D eigenvalue weighted by atomic mass is 16.5. The Morgan fingerprint density at radius 1 is 1.22 bits per heavy atom. The molecule has 0 unspecified atom stereocenters. The van der Waals surface area contributed by atoms with E-state index in [-0.39, 0.29) is 6.10 Å². The second-order valence-electron chi connectivity index (χ2n) is 4.17. The Hall–Kier alpha value is -1.88. The van der Waals surface area contributed by atoms with E-state index in [1.54, 1.807) is 24.3 Å². The molecular formula is C13H16N2O3. The van der Waals surface area contributed by atoms with Crippen LogP contribution in [0.25, 0.3) is 0 Å². The number of amides is 2. The molecule has 5 nitrogen and oxygen atoms in total. The van der Waals surface area contributed by atoms with E-state index in [0.29, 0.717) is 12.2 Å². The van der Waals surface area contributed by atoms with Crippen molar-refractivity contribution in [2.45, 2.75) is 18.9 Å². The lowest BCUT2D eigenvalue weighted by Crippen LogP contribution is -2.39. The summed E-state index contributed by atoms with van der Waals surface area (Å²) in [4.78, 5) is 23.1. The predicted octanol–water partition coefficient (Wildman–Crippen LogP) is 0.920. The van der Waals surface area contributed by atoms with Crippen molar-refractivity contribution in [3.05, 3.63) is 30.3 Å². The van der Waals surface area contributed by atoms with Gasteiger partial charge in [0.2, 0.25) is 0 Å². The van der Waals surface area contributed by atoms with Crippen LogP contribution in [-0.4, -0.2) is 31.1 Å². The topological polar surface area (TPSA) is 67.4 Å². The number of nitrogens with one attached hydrogen (secondary N) is 2. The number of rotatable bonds is 3. The minimum Gasteiger partial charge on any atom is -0.376 e. The van der Waals surface area contributed by atoms with Gasteiger partial charge < -0.3 is 15.4 Å². The van der Waals surface area contributed by atoms with Crippen molar-refractivity contribution in [1.82, 2.24) is 5.32 Å². The highest BCUT2D eigenvalue weighted by molar-refractivity contribution is 6.39. The van der Waals surface area contributed by atoms with Gasteiger partial charge in [-0.3, -0.25) is 9.59 Å². The first-order valence-corrected chi connectivity index (χ1v) is 6.01. The van der Waals surface area contributed by atoms with Gasteiger partial charge in [-0.25, -0.2) is 0 Å². The van der Waals surface area contributed by atoms with Crippen molar-refractivity contribution in [2.75, 3.05) is 18.5 Å². The number of ether oxygens (including phenoxy) is 1. The van der Waals surface area contributed by atoms with Crippen LogP contribution in [0.5, 0.6) is 0 Å². The maximum Gasteiger partial charge on any atom is 0.313 e. The fraction of sp³-hybridized carbons (Fsp3) is 0.385. The number of hydrogen-bond acceptors (Lipinski definition) is 3. The molecule has 0 aliphatic carbocycles. The average Bonchev–Trinajstić information content (AvgIpc) is 2.90. The van der Waals surface area contributed by atoms with Crippen LogP contribution in [-0.2, 0) is 14.3 Å². The molecule has 2 rings (SSSR count). The summed E-state index contributed by atoms with van der Waals surface area (Å²) in [6.45, 7) is 1.12. The zero-order chi connectivity index (χ0) is 12.8. The maximum absolute atomic E-state index is 11.6. The largest absolute Gasteiger partial charge is 0.376 e. The van der Waals surface area contributed by atoms with Gasteiger partial charge in [0.05, 0.1) is 6.10 Å². The lowest BCUT2D eigenvalue weighted by molar-refractivity contribution is -0.136. The van der Waals surface area contributed by atoms with Crippen LogP contribution in [0.4, 0.5) is 5.69 Å². The molecule has 0 aromatic heterocycles. The van der Waals surface area contributed by atoms with Crippen LogP contribution in [0.15, 0.2) is 30.3 Å². The van der Waals surface area contributed by atoms with Gasteiger partial charge in [0.15, 0.2) is 0 Å². The fourth-order valence-corrected chi connectivity index (χ4v) is 1.80. The Bertz CT molecular complexity index is 414. The Kier molecular flexibility index (Phi) is 4.30. The Morgan fingerprint density at radius 3 is 2.67 bits per heavy atom. The van der Waals surface area contributed by atoms with Crippen molar-refractivity contribution in [1.29, 1.82) is 0 Å². The Labute approximate surface area is 106 Å². The van der Waals surface area contributed by atoms with Crippen molar-refractivity contribution in [3.63, 3.8) is 0 Å². The van der Waals surface area contributed by atoms with Crippen LogP contribution in [0.1, 0.15) is 12.8 Å². The molecule has 1 saturated heterocycles. The van der Waals surface area contributed by atoms with E-state index in [2.05, 4.69) is 10.6 Å². The summed E-state index contributed by atoms with van der Waals surface area (Å²) in [5, 5.41) is 5.09. The summed E-state index contributed by atoms with van der Waals surface area (Å²) >= 11 is 0. The monoisotopic (exact) mass is 248 g/mol. The number of benzene rings is 1. The molecule has 0 bridgehead atoms. The van der Waals surface area contributed by atoms with Gasteiger partial charge in [-0.15, -0.1) is 0 Å². The molecule has 2 N–H and O–H groups in total. The van der Waals surface area contributed by atoms with Crippen LogP contribution in [0, 0.1) is 0 Å². The van der Waals surface area contributed by atoms with Gasteiger partial charge in [0.25, 0.3) is 0 Å². The average molecular weight is 248 g/mol. The molecule has 1 aromatic rings. The van der Waals surface area contributed by atoms with Gasteiger partial charge in [-0.1, -0.05) is 18.2 Å². The van der Waals surface area contributed by atoms with E-state index in [9.17, 15) is 9.59 Å². The number of anilines is 1. The van der Waals surface area contributed by atoms with Crippen molar-refractivity contribution in [3.8, 4) is 0 Å². The van der Waals surface area contributed by atoms with Crippen LogP contribution >= 0.6 is 0 Å². The zero-order valence-electron chi connectivity index (χ0n) is 10.0. The van der Waals surface area contributed by atoms with Gasteiger partial charge in [0, 0.05) is 18.8 Å². The summed E-state index contributed by atoms with van der Waals surface area (Å²) in [5.74, 6) is -1.28. The summed E-state index contributed by atoms with van der Waals surface area (Å²) in [5.41, 5.74) is 0.606. The highest BCUT2D eigenvalue weighted by Gasteiger charge is 2.19. The molecule has 2 amide bonds. The molecule has 1 heterocycles. The summed E-state index contributed by atoms with van der Waals surface area (Å²) in [6, 6.07) is 8.88. The molecule has 5 heteroatoms. The van der Waals surface area contributed by atoms with Crippen LogP contribution < -0.4 is 10.6 Å². The Morgan fingerprint density at radius 2 is 2.00 bits per heavy atom. The minimum absolute atomic E-state index is 0.0403. The minimum atomic E-state index is -0.654. The lowest BCUT2D eigenvalue weighted by atomic mass is 10.2. The van der Waals surface area contributed by atoms with E-state index in [0.717, 1.165) is 19.4 Å². The molecular weight excluding hydrogens is 232 g/mol. The second-order valence-corrected chi connectivity index (χ2v) is 4.17. The molecule has 1 atom stereocenters. The number of hydrogen-bond donors (Lipinski definition) is 2. The standard InChI is InChI=1S/C13H16N2O3/c16-12(14-9-11-7-4-8-18-11)13(17)15-10-5-2-1-3-6-10/h1-3,5-6,11H,4,7-9H2,(H,14,16)(H,15,17)/t11-/m0/s1.